The van der Waals surface area contributed by atoms with E-state index in [0.717, 1.165) is 9.87 Å². The van der Waals surface area contributed by atoms with Crippen LogP contribution >= 0.6 is 11.6 Å². The number of hydrogen-bond acceptors (Lipinski definition) is 4. The molecule has 0 aliphatic heterocycles. The van der Waals surface area contributed by atoms with Gasteiger partial charge >= 0.3 is 0 Å². The van der Waals surface area contributed by atoms with Crippen LogP contribution in [0.2, 0.25) is 5.02 Å². The fourth-order valence-electron chi connectivity index (χ4n) is 1.96. The average Bonchev–Trinajstić information content (AvgIpc) is 2.46. The summed E-state index contributed by atoms with van der Waals surface area (Å²) in [7, 11) is -4.79. The summed E-state index contributed by atoms with van der Waals surface area (Å²) in [5.41, 5.74) is 0.965. The van der Waals surface area contributed by atoms with Gasteiger partial charge in [-0.15, -0.1) is 0 Å². The van der Waals surface area contributed by atoms with Crippen molar-refractivity contribution in [3.05, 3.63) is 53.1 Å². The molecule has 9 heteroatoms. The number of anilines is 1. The molecule has 24 heavy (non-hydrogen) atoms. The summed E-state index contributed by atoms with van der Waals surface area (Å²) in [6.45, 7) is 1.80. The number of sulfonamides is 2. The monoisotopic (exact) mass is 388 g/mol. The molecule has 0 atom stereocenters. The second-order valence-electron chi connectivity index (χ2n) is 5.35. The van der Waals surface area contributed by atoms with Crippen molar-refractivity contribution in [3.8, 4) is 0 Å². The first-order valence-electron chi connectivity index (χ1n) is 6.85. The van der Waals surface area contributed by atoms with Gasteiger partial charge in [0, 0.05) is 14.1 Å². The van der Waals surface area contributed by atoms with Crippen LogP contribution in [-0.2, 0) is 20.0 Å². The van der Waals surface area contributed by atoms with Crippen LogP contribution < -0.4 is 4.72 Å². The molecule has 0 saturated carbocycles. The van der Waals surface area contributed by atoms with E-state index in [1.54, 1.807) is 19.1 Å². The first kappa shape index (κ1) is 18.7. The summed E-state index contributed by atoms with van der Waals surface area (Å²) in [5, 5.41) is 0.0968. The number of hydrogen-bond donors (Lipinski definition) is 1. The molecule has 0 bridgehead atoms. The highest BCUT2D eigenvalue weighted by molar-refractivity contribution is 7.92. The zero-order valence-electron chi connectivity index (χ0n) is 13.3. The molecule has 2 rings (SSSR count). The second kappa shape index (κ2) is 6.72. The molecule has 2 aromatic rings. The maximum Gasteiger partial charge on any atom is 0.263 e. The third-order valence-corrected chi connectivity index (χ3v) is 6.92. The second-order valence-corrected chi connectivity index (χ2v) is 9.56. The van der Waals surface area contributed by atoms with Crippen molar-refractivity contribution in [1.82, 2.24) is 4.31 Å². The molecule has 6 nitrogen and oxygen atoms in total. The molecule has 0 fully saturated rings. The van der Waals surface area contributed by atoms with Crippen LogP contribution in [0.3, 0.4) is 0 Å². The van der Waals surface area contributed by atoms with E-state index in [-0.39, 0.29) is 20.5 Å². The van der Waals surface area contributed by atoms with Crippen molar-refractivity contribution >= 4 is 37.3 Å². The summed E-state index contributed by atoms with van der Waals surface area (Å²) in [6, 6.07) is 10.2. The zero-order valence-corrected chi connectivity index (χ0v) is 15.7. The Morgan fingerprint density at radius 2 is 1.67 bits per heavy atom. The Balaban J connectivity index is 2.41. The van der Waals surface area contributed by atoms with Gasteiger partial charge in [-0.05, 0) is 42.8 Å². The molecule has 130 valence electrons. The molecule has 0 amide bonds. The van der Waals surface area contributed by atoms with Crippen molar-refractivity contribution in [2.75, 3.05) is 18.8 Å². The lowest BCUT2D eigenvalue weighted by molar-refractivity contribution is 0.521. The van der Waals surface area contributed by atoms with E-state index in [2.05, 4.69) is 4.72 Å². The molecule has 0 unspecified atom stereocenters. The van der Waals surface area contributed by atoms with E-state index in [0.29, 0.717) is 0 Å². The van der Waals surface area contributed by atoms with Gasteiger partial charge in [0.2, 0.25) is 10.0 Å². The largest absolute Gasteiger partial charge is 0.280 e. The minimum absolute atomic E-state index is 0.0114. The maximum atomic E-state index is 12.5. The number of halogens is 1. The van der Waals surface area contributed by atoms with Crippen molar-refractivity contribution in [3.63, 3.8) is 0 Å². The molecule has 0 aromatic heterocycles. The number of nitrogens with zero attached hydrogens (tertiary/aromatic N) is 1. The van der Waals surface area contributed by atoms with Crippen molar-refractivity contribution < 1.29 is 16.8 Å². The van der Waals surface area contributed by atoms with E-state index in [1.807, 2.05) is 0 Å². The van der Waals surface area contributed by atoms with E-state index in [1.165, 1.54) is 44.4 Å². The molecule has 2 aromatic carbocycles. The Bertz CT molecular complexity index is 971. The Labute approximate surface area is 147 Å². The first-order chi connectivity index (χ1) is 11.0. The smallest absolute Gasteiger partial charge is 0.263 e. The fraction of sp³-hybridized carbons (Fsp3) is 0.200. The van der Waals surface area contributed by atoms with Crippen molar-refractivity contribution in [2.24, 2.45) is 0 Å². The average molecular weight is 389 g/mol. The van der Waals surface area contributed by atoms with E-state index in [4.69, 9.17) is 11.6 Å². The van der Waals surface area contributed by atoms with Crippen LogP contribution in [0.4, 0.5) is 5.69 Å². The third-order valence-electron chi connectivity index (χ3n) is 3.24. The lowest BCUT2D eigenvalue weighted by atomic mass is 10.2. The predicted molar refractivity (Wildman–Crippen MR) is 94.3 cm³/mol. The van der Waals surface area contributed by atoms with Gasteiger partial charge in [0.1, 0.15) is 4.90 Å². The van der Waals surface area contributed by atoms with Crippen LogP contribution in [0.15, 0.2) is 52.3 Å². The first-order valence-corrected chi connectivity index (χ1v) is 10.2. The highest BCUT2D eigenvalue weighted by atomic mass is 35.5. The quantitative estimate of drug-likeness (QED) is 0.853. The molecule has 0 saturated heterocycles. The number of benzene rings is 2. The standard InChI is InChI=1S/C15H17ClN2O4S2/c1-11-7-8-15(14(16)9-11)23(19,20)17-12-5-4-6-13(10-12)24(21,22)18(2)3/h4-10,17H,1-3H3. The van der Waals surface area contributed by atoms with E-state index in [9.17, 15) is 16.8 Å². The fourth-order valence-corrected chi connectivity index (χ4v) is 4.56. The Morgan fingerprint density at radius 1 is 1.00 bits per heavy atom. The van der Waals surface area contributed by atoms with Crippen molar-refractivity contribution in [1.29, 1.82) is 0 Å². The number of nitrogens with one attached hydrogen (secondary N) is 1. The summed E-state index contributed by atoms with van der Waals surface area (Å²) >= 11 is 6.00. The Hall–Kier alpha value is -1.61. The van der Waals surface area contributed by atoms with Crippen LogP contribution in [0.25, 0.3) is 0 Å². The highest BCUT2D eigenvalue weighted by Gasteiger charge is 2.21. The van der Waals surface area contributed by atoms with Gasteiger partial charge in [-0.1, -0.05) is 23.7 Å². The highest BCUT2D eigenvalue weighted by Crippen LogP contribution is 2.26. The van der Waals surface area contributed by atoms with E-state index >= 15 is 0 Å². The van der Waals surface area contributed by atoms with Gasteiger partial charge in [-0.3, -0.25) is 4.72 Å². The maximum absolute atomic E-state index is 12.5. The zero-order chi connectivity index (χ0) is 18.1. The molecular weight excluding hydrogens is 372 g/mol. The molecule has 0 spiro atoms. The molecule has 0 aliphatic carbocycles. The van der Waals surface area contributed by atoms with Crippen LogP contribution in [0, 0.1) is 6.92 Å². The van der Waals surface area contributed by atoms with Crippen LogP contribution in [-0.4, -0.2) is 35.2 Å². The van der Waals surface area contributed by atoms with Crippen LogP contribution in [0.5, 0.6) is 0 Å². The summed E-state index contributed by atoms with van der Waals surface area (Å²) in [6.07, 6.45) is 0. The molecule has 1 N–H and O–H groups in total. The topological polar surface area (TPSA) is 83.5 Å². The molecule has 0 heterocycles. The molecular formula is C15H17ClN2O4S2. The van der Waals surface area contributed by atoms with Gasteiger partial charge in [0.05, 0.1) is 15.6 Å². The Morgan fingerprint density at radius 3 is 2.25 bits per heavy atom. The summed E-state index contributed by atoms with van der Waals surface area (Å²) in [4.78, 5) is -0.0849. The molecule has 0 aliphatic rings. The van der Waals surface area contributed by atoms with Gasteiger partial charge < -0.3 is 0 Å². The third kappa shape index (κ3) is 3.89. The minimum Gasteiger partial charge on any atom is -0.280 e. The SMILES string of the molecule is Cc1ccc(S(=O)(=O)Nc2cccc(S(=O)(=O)N(C)C)c2)c(Cl)c1. The van der Waals surface area contributed by atoms with Gasteiger partial charge in [-0.2, -0.15) is 0 Å². The summed E-state index contributed by atoms with van der Waals surface area (Å²) in [5.74, 6) is 0. The van der Waals surface area contributed by atoms with Gasteiger partial charge in [-0.25, -0.2) is 21.1 Å². The van der Waals surface area contributed by atoms with Gasteiger partial charge in [0.15, 0.2) is 0 Å². The lowest BCUT2D eigenvalue weighted by Gasteiger charge is -2.14. The Kier molecular flexibility index (Phi) is 5.24. The predicted octanol–water partition coefficient (Wildman–Crippen LogP) is 2.70. The number of aryl methyl sites for hydroxylation is 1. The number of rotatable bonds is 5. The summed E-state index contributed by atoms with van der Waals surface area (Å²) < 4.78 is 52.6. The van der Waals surface area contributed by atoms with Crippen LogP contribution in [0.1, 0.15) is 5.56 Å². The molecule has 0 radical (unpaired) electrons. The minimum atomic E-state index is -3.93. The van der Waals surface area contributed by atoms with Crippen molar-refractivity contribution in [2.45, 2.75) is 16.7 Å². The van der Waals surface area contributed by atoms with Gasteiger partial charge in [0.25, 0.3) is 10.0 Å². The normalized spacial score (nSPS) is 12.4. The lowest BCUT2D eigenvalue weighted by Crippen LogP contribution is -2.22. The van der Waals surface area contributed by atoms with E-state index < -0.39 is 20.0 Å².